The summed E-state index contributed by atoms with van der Waals surface area (Å²) in [7, 11) is 0. The third-order valence-electron chi connectivity index (χ3n) is 4.08. The molecule has 0 spiro atoms. The van der Waals surface area contributed by atoms with Crippen LogP contribution < -0.4 is 5.73 Å². The van der Waals surface area contributed by atoms with Gasteiger partial charge >= 0.3 is 0 Å². The fraction of sp³-hybridized carbons (Fsp3) is 1.00. The zero-order chi connectivity index (χ0) is 12.7. The molecule has 3 nitrogen and oxygen atoms in total. The van der Waals surface area contributed by atoms with Crippen LogP contribution in [0.1, 0.15) is 40.0 Å². The highest BCUT2D eigenvalue weighted by atomic mass is 15.3. The lowest BCUT2D eigenvalue weighted by molar-refractivity contribution is 0.0859. The van der Waals surface area contributed by atoms with Gasteiger partial charge in [-0.1, -0.05) is 33.6 Å². The van der Waals surface area contributed by atoms with Crippen molar-refractivity contribution in [2.24, 2.45) is 11.7 Å². The summed E-state index contributed by atoms with van der Waals surface area (Å²) in [5, 5.41) is 0. The van der Waals surface area contributed by atoms with E-state index in [4.69, 9.17) is 5.73 Å². The lowest BCUT2D eigenvalue weighted by Gasteiger charge is -2.39. The second-order valence-electron chi connectivity index (χ2n) is 5.53. The summed E-state index contributed by atoms with van der Waals surface area (Å²) in [6.07, 6.45) is 3.79. The van der Waals surface area contributed by atoms with E-state index in [9.17, 15) is 0 Å². The topological polar surface area (TPSA) is 32.5 Å². The largest absolute Gasteiger partial charge is 0.329 e. The molecule has 1 aliphatic heterocycles. The lowest BCUT2D eigenvalue weighted by Crippen LogP contribution is -2.52. The van der Waals surface area contributed by atoms with E-state index in [1.807, 2.05) is 0 Å². The van der Waals surface area contributed by atoms with Crippen LogP contribution >= 0.6 is 0 Å². The molecule has 0 aromatic rings. The van der Waals surface area contributed by atoms with Crippen LogP contribution in [0.4, 0.5) is 0 Å². The third-order valence-corrected chi connectivity index (χ3v) is 4.08. The van der Waals surface area contributed by atoms with Crippen LogP contribution in [0.25, 0.3) is 0 Å². The van der Waals surface area contributed by atoms with Gasteiger partial charge in [0.25, 0.3) is 0 Å². The molecule has 2 N–H and O–H groups in total. The van der Waals surface area contributed by atoms with Gasteiger partial charge in [-0.15, -0.1) is 0 Å². The Morgan fingerprint density at radius 1 is 1.12 bits per heavy atom. The van der Waals surface area contributed by atoms with Gasteiger partial charge in [-0.25, -0.2) is 0 Å². The van der Waals surface area contributed by atoms with Crippen molar-refractivity contribution < 1.29 is 0 Å². The number of nitrogens with zero attached hydrogens (tertiary/aromatic N) is 2. The molecule has 0 aliphatic carbocycles. The fourth-order valence-corrected chi connectivity index (χ4v) is 2.66. The molecule has 1 rings (SSSR count). The molecule has 0 bridgehead atoms. The highest BCUT2D eigenvalue weighted by molar-refractivity contribution is 4.79. The van der Waals surface area contributed by atoms with E-state index in [-0.39, 0.29) is 0 Å². The smallest absolute Gasteiger partial charge is 0.0219 e. The molecule has 1 aliphatic rings. The molecule has 0 amide bonds. The Hall–Kier alpha value is -0.120. The summed E-state index contributed by atoms with van der Waals surface area (Å²) in [4.78, 5) is 5.21. The van der Waals surface area contributed by atoms with Gasteiger partial charge in [-0.2, -0.15) is 0 Å². The van der Waals surface area contributed by atoms with E-state index >= 15 is 0 Å². The molecule has 0 radical (unpaired) electrons. The van der Waals surface area contributed by atoms with Crippen LogP contribution in [-0.4, -0.2) is 55.1 Å². The number of rotatable bonds is 7. The number of piperazine rings is 1. The summed E-state index contributed by atoms with van der Waals surface area (Å²) < 4.78 is 0. The van der Waals surface area contributed by atoms with E-state index < -0.39 is 0 Å². The van der Waals surface area contributed by atoms with Crippen molar-refractivity contribution in [1.29, 1.82) is 0 Å². The highest BCUT2D eigenvalue weighted by Crippen LogP contribution is 2.12. The number of hydrogen-bond donors (Lipinski definition) is 1. The van der Waals surface area contributed by atoms with E-state index in [0.717, 1.165) is 12.5 Å². The van der Waals surface area contributed by atoms with Gasteiger partial charge in [-0.05, 0) is 12.3 Å². The first-order valence-corrected chi connectivity index (χ1v) is 7.37. The molecule has 0 saturated carbocycles. The van der Waals surface area contributed by atoms with E-state index in [0.29, 0.717) is 6.04 Å². The average Bonchev–Trinajstić information content (AvgIpc) is 2.37. The highest BCUT2D eigenvalue weighted by Gasteiger charge is 2.22. The van der Waals surface area contributed by atoms with Crippen molar-refractivity contribution in [3.05, 3.63) is 0 Å². The van der Waals surface area contributed by atoms with Gasteiger partial charge in [-0.3, -0.25) is 4.90 Å². The molecule has 1 saturated heterocycles. The quantitative estimate of drug-likeness (QED) is 0.737. The van der Waals surface area contributed by atoms with E-state index in [1.54, 1.807) is 0 Å². The van der Waals surface area contributed by atoms with Crippen molar-refractivity contribution in [1.82, 2.24) is 9.80 Å². The van der Waals surface area contributed by atoms with Crippen LogP contribution in [0.5, 0.6) is 0 Å². The maximum Gasteiger partial charge on any atom is 0.0219 e. The molecule has 3 heteroatoms. The maximum atomic E-state index is 5.87. The van der Waals surface area contributed by atoms with Gasteiger partial charge in [0.15, 0.2) is 0 Å². The van der Waals surface area contributed by atoms with Gasteiger partial charge in [0.1, 0.15) is 0 Å². The molecule has 17 heavy (non-hydrogen) atoms. The molecule has 102 valence electrons. The first kappa shape index (κ1) is 14.9. The fourth-order valence-electron chi connectivity index (χ4n) is 2.66. The zero-order valence-corrected chi connectivity index (χ0v) is 12.0. The minimum atomic E-state index is 0.616. The Balaban J connectivity index is 2.29. The van der Waals surface area contributed by atoms with Crippen LogP contribution in [0.3, 0.4) is 0 Å². The minimum Gasteiger partial charge on any atom is -0.329 e. The first-order valence-electron chi connectivity index (χ1n) is 7.37. The average molecular weight is 241 g/mol. The Kier molecular flexibility index (Phi) is 7.09. The summed E-state index contributed by atoms with van der Waals surface area (Å²) in [6.45, 7) is 13.8. The summed E-state index contributed by atoms with van der Waals surface area (Å²) in [6, 6.07) is 0.616. The second-order valence-corrected chi connectivity index (χ2v) is 5.53. The molecule has 1 heterocycles. The molecule has 2 unspecified atom stereocenters. The third kappa shape index (κ3) is 4.94. The number of hydrogen-bond acceptors (Lipinski definition) is 3. The van der Waals surface area contributed by atoms with E-state index in [2.05, 4.69) is 30.6 Å². The minimum absolute atomic E-state index is 0.616. The van der Waals surface area contributed by atoms with Crippen LogP contribution in [0.15, 0.2) is 0 Å². The normalized spacial score (nSPS) is 22.6. The zero-order valence-electron chi connectivity index (χ0n) is 12.0. The number of nitrogens with two attached hydrogens (primary N) is 1. The molecular formula is C14H31N3. The van der Waals surface area contributed by atoms with Crippen molar-refractivity contribution in [3.63, 3.8) is 0 Å². The molecule has 1 fully saturated rings. The SMILES string of the molecule is CCCC(CN)N1CCN(CC(C)CC)CC1. The Labute approximate surface area is 107 Å². The molecular weight excluding hydrogens is 210 g/mol. The first-order chi connectivity index (χ1) is 8.21. The van der Waals surface area contributed by atoms with Crippen LogP contribution in [0.2, 0.25) is 0 Å². The second kappa shape index (κ2) is 8.06. The van der Waals surface area contributed by atoms with Crippen molar-refractivity contribution in [3.8, 4) is 0 Å². The Morgan fingerprint density at radius 2 is 1.76 bits per heavy atom. The predicted molar refractivity (Wildman–Crippen MR) is 75.2 cm³/mol. The monoisotopic (exact) mass is 241 g/mol. The Bertz CT molecular complexity index is 188. The van der Waals surface area contributed by atoms with Crippen LogP contribution in [-0.2, 0) is 0 Å². The molecule has 0 aromatic heterocycles. The summed E-state index contributed by atoms with van der Waals surface area (Å²) in [5.41, 5.74) is 5.87. The molecule has 0 aromatic carbocycles. The van der Waals surface area contributed by atoms with Gasteiger partial charge in [0.2, 0.25) is 0 Å². The van der Waals surface area contributed by atoms with Gasteiger partial charge < -0.3 is 10.6 Å². The van der Waals surface area contributed by atoms with Gasteiger partial charge in [0.05, 0.1) is 0 Å². The van der Waals surface area contributed by atoms with Crippen LogP contribution in [0, 0.1) is 5.92 Å². The predicted octanol–water partition coefficient (Wildman–Crippen LogP) is 1.78. The standard InChI is InChI=1S/C14H31N3/c1-4-6-14(11-15)17-9-7-16(8-10-17)12-13(3)5-2/h13-14H,4-12,15H2,1-3H3. The lowest BCUT2D eigenvalue weighted by atomic mass is 10.1. The van der Waals surface area contributed by atoms with Gasteiger partial charge in [0, 0.05) is 45.3 Å². The molecule has 2 atom stereocenters. The van der Waals surface area contributed by atoms with E-state index in [1.165, 1.54) is 52.0 Å². The van der Waals surface area contributed by atoms with Crippen molar-refractivity contribution in [2.75, 3.05) is 39.3 Å². The van der Waals surface area contributed by atoms with Crippen molar-refractivity contribution >= 4 is 0 Å². The Morgan fingerprint density at radius 3 is 2.24 bits per heavy atom. The summed E-state index contributed by atoms with van der Waals surface area (Å²) in [5.74, 6) is 0.836. The van der Waals surface area contributed by atoms with Crippen molar-refractivity contribution in [2.45, 2.75) is 46.1 Å². The summed E-state index contributed by atoms with van der Waals surface area (Å²) >= 11 is 0. The maximum absolute atomic E-state index is 5.87.